The van der Waals surface area contributed by atoms with Crippen LogP contribution in [0, 0.1) is 12.8 Å². The van der Waals surface area contributed by atoms with E-state index in [1.54, 1.807) is 24.3 Å². The lowest BCUT2D eigenvalue weighted by Gasteiger charge is -2.46. The standard InChI is InChI=1S/C25H47N3O5SSi2/c1-19-13-15-21(16-14-19)34(29,30)31-18-22(32-35(9,10)24(3,4)5)23(20(2)17-27-28-26)33-36(11,12)25(6,7)8/h13-16,20,22-23H,17-18H2,1-12H3/t20-,22+,23+/m0/s1. The normalized spacial score (nSPS) is 16.2. The van der Waals surface area contributed by atoms with Gasteiger partial charge in [0.05, 0.1) is 23.7 Å². The number of benzene rings is 1. The van der Waals surface area contributed by atoms with Gasteiger partial charge in [-0.05, 0) is 66.8 Å². The summed E-state index contributed by atoms with van der Waals surface area (Å²) in [5.41, 5.74) is 9.90. The topological polar surface area (TPSA) is 111 Å². The molecule has 0 amide bonds. The third kappa shape index (κ3) is 8.97. The Morgan fingerprint density at radius 1 is 0.944 bits per heavy atom. The summed E-state index contributed by atoms with van der Waals surface area (Å²) in [5, 5.41) is 3.59. The molecule has 0 saturated carbocycles. The van der Waals surface area contributed by atoms with Crippen LogP contribution in [0.3, 0.4) is 0 Å². The molecule has 0 bridgehead atoms. The smallest absolute Gasteiger partial charge is 0.297 e. The van der Waals surface area contributed by atoms with Crippen molar-refractivity contribution in [3.63, 3.8) is 0 Å². The molecule has 1 aromatic rings. The van der Waals surface area contributed by atoms with E-state index in [1.165, 1.54) is 0 Å². The molecule has 1 aromatic carbocycles. The van der Waals surface area contributed by atoms with Crippen molar-refractivity contribution in [1.82, 2.24) is 0 Å². The summed E-state index contributed by atoms with van der Waals surface area (Å²) >= 11 is 0. The molecule has 36 heavy (non-hydrogen) atoms. The van der Waals surface area contributed by atoms with Crippen LogP contribution in [0.25, 0.3) is 10.4 Å². The minimum atomic E-state index is -4.00. The predicted octanol–water partition coefficient (Wildman–Crippen LogP) is 7.43. The molecule has 11 heteroatoms. The van der Waals surface area contributed by atoms with Gasteiger partial charge < -0.3 is 8.85 Å². The van der Waals surface area contributed by atoms with Gasteiger partial charge in [-0.15, -0.1) is 0 Å². The average molecular weight is 558 g/mol. The molecule has 0 spiro atoms. The number of rotatable bonds is 12. The zero-order valence-corrected chi connectivity index (χ0v) is 27.1. The summed E-state index contributed by atoms with van der Waals surface area (Å²) in [5.74, 6) is -0.213. The lowest BCUT2D eigenvalue weighted by molar-refractivity contribution is -0.0162. The summed E-state index contributed by atoms with van der Waals surface area (Å²) < 4.78 is 45.4. The molecule has 0 aliphatic heterocycles. The predicted molar refractivity (Wildman–Crippen MR) is 152 cm³/mol. The van der Waals surface area contributed by atoms with E-state index in [0.29, 0.717) is 0 Å². The largest absolute Gasteiger partial charge is 0.411 e. The Kier molecular flexibility index (Phi) is 11.0. The van der Waals surface area contributed by atoms with Crippen LogP contribution in [0.15, 0.2) is 34.3 Å². The first-order chi connectivity index (χ1) is 16.1. The number of hydrogen-bond acceptors (Lipinski definition) is 6. The van der Waals surface area contributed by atoms with E-state index in [0.717, 1.165) is 5.56 Å². The highest BCUT2D eigenvalue weighted by atomic mass is 32.2. The maximum Gasteiger partial charge on any atom is 0.297 e. The van der Waals surface area contributed by atoms with Crippen molar-refractivity contribution in [1.29, 1.82) is 0 Å². The summed E-state index contributed by atoms with van der Waals surface area (Å²) in [6.45, 7) is 25.2. The molecular weight excluding hydrogens is 511 g/mol. The average Bonchev–Trinajstić information content (AvgIpc) is 2.72. The summed E-state index contributed by atoms with van der Waals surface area (Å²) in [6, 6.07) is 6.57. The Morgan fingerprint density at radius 3 is 1.86 bits per heavy atom. The molecule has 0 unspecified atom stereocenters. The number of hydrogen-bond donors (Lipinski definition) is 0. The molecule has 206 valence electrons. The third-order valence-corrected chi connectivity index (χ3v) is 17.8. The van der Waals surface area contributed by atoms with Gasteiger partial charge in [-0.25, -0.2) is 0 Å². The van der Waals surface area contributed by atoms with Crippen molar-refractivity contribution >= 4 is 26.8 Å². The van der Waals surface area contributed by atoms with Crippen LogP contribution in [0.2, 0.25) is 36.3 Å². The van der Waals surface area contributed by atoms with Crippen LogP contribution < -0.4 is 0 Å². The van der Waals surface area contributed by atoms with Crippen LogP contribution >= 0.6 is 0 Å². The molecule has 1 rings (SSSR count). The molecule has 0 saturated heterocycles. The first-order valence-corrected chi connectivity index (χ1v) is 19.7. The van der Waals surface area contributed by atoms with Crippen LogP contribution in [0.4, 0.5) is 0 Å². The maximum absolute atomic E-state index is 13.1. The van der Waals surface area contributed by atoms with Crippen molar-refractivity contribution in [2.45, 2.75) is 109 Å². The Morgan fingerprint density at radius 2 is 1.42 bits per heavy atom. The van der Waals surface area contributed by atoms with Crippen LogP contribution in [0.1, 0.15) is 54.0 Å². The molecular formula is C25H47N3O5SSi2. The minimum absolute atomic E-state index is 0.0835. The van der Waals surface area contributed by atoms with Crippen LogP contribution in [0.5, 0.6) is 0 Å². The maximum atomic E-state index is 13.1. The van der Waals surface area contributed by atoms with Crippen molar-refractivity contribution < 1.29 is 21.5 Å². The lowest BCUT2D eigenvalue weighted by atomic mass is 10.0. The zero-order chi connectivity index (χ0) is 28.2. The van der Waals surface area contributed by atoms with Crippen molar-refractivity contribution in [3.8, 4) is 0 Å². The third-order valence-electron chi connectivity index (χ3n) is 7.55. The number of aryl methyl sites for hydroxylation is 1. The minimum Gasteiger partial charge on any atom is -0.411 e. The molecule has 8 nitrogen and oxygen atoms in total. The number of azide groups is 1. The van der Waals surface area contributed by atoms with Gasteiger partial charge in [0.2, 0.25) is 0 Å². The van der Waals surface area contributed by atoms with E-state index < -0.39 is 39.0 Å². The molecule has 0 fully saturated rings. The van der Waals surface area contributed by atoms with Crippen LogP contribution in [-0.2, 0) is 23.2 Å². The van der Waals surface area contributed by atoms with E-state index in [4.69, 9.17) is 18.6 Å². The Bertz CT molecular complexity index is 1010. The first kappa shape index (κ1) is 32.8. The van der Waals surface area contributed by atoms with Gasteiger partial charge in [0.1, 0.15) is 0 Å². The van der Waals surface area contributed by atoms with E-state index in [-0.39, 0.29) is 34.0 Å². The second-order valence-corrected chi connectivity index (χ2v) is 23.8. The van der Waals surface area contributed by atoms with E-state index in [9.17, 15) is 8.42 Å². The zero-order valence-electron chi connectivity index (χ0n) is 24.2. The highest BCUT2D eigenvalue weighted by Crippen LogP contribution is 2.41. The second kappa shape index (κ2) is 12.1. The van der Waals surface area contributed by atoms with Crippen molar-refractivity contribution in [2.75, 3.05) is 13.2 Å². The van der Waals surface area contributed by atoms with Gasteiger partial charge in [-0.1, -0.05) is 71.3 Å². The first-order valence-electron chi connectivity index (χ1n) is 12.5. The fourth-order valence-corrected chi connectivity index (χ4v) is 6.67. The van der Waals surface area contributed by atoms with E-state index in [1.807, 2.05) is 13.8 Å². The Balaban J connectivity index is 3.49. The molecule has 0 N–H and O–H groups in total. The fourth-order valence-electron chi connectivity index (χ4n) is 3.03. The van der Waals surface area contributed by atoms with Crippen molar-refractivity contribution in [2.24, 2.45) is 11.0 Å². The Labute approximate surface area is 221 Å². The summed E-state index contributed by atoms with van der Waals surface area (Å²) in [7, 11) is -8.66. The monoisotopic (exact) mass is 557 g/mol. The molecule has 0 aliphatic rings. The summed E-state index contributed by atoms with van der Waals surface area (Å²) in [4.78, 5) is 3.03. The van der Waals surface area contributed by atoms with E-state index in [2.05, 4.69) is 77.8 Å². The quantitative estimate of drug-likeness (QED) is 0.0872. The van der Waals surface area contributed by atoms with E-state index >= 15 is 0 Å². The van der Waals surface area contributed by atoms with Crippen LogP contribution in [-0.4, -0.2) is 50.4 Å². The summed E-state index contributed by atoms with van der Waals surface area (Å²) in [6.07, 6.45) is -1.18. The molecule has 0 heterocycles. The fraction of sp³-hybridized carbons (Fsp3) is 0.760. The lowest BCUT2D eigenvalue weighted by Crippen LogP contribution is -2.55. The highest BCUT2D eigenvalue weighted by molar-refractivity contribution is 7.86. The van der Waals surface area contributed by atoms with Gasteiger partial charge in [-0.3, -0.25) is 4.18 Å². The van der Waals surface area contributed by atoms with Gasteiger partial charge in [0.25, 0.3) is 10.1 Å². The SMILES string of the molecule is Cc1ccc(S(=O)(=O)OC[C@@H](O[Si](C)(C)C(C)(C)C)[C@H](O[Si](C)(C)C(C)(C)C)[C@@H](C)CN=[N+]=[N-])cc1. The van der Waals surface area contributed by atoms with Gasteiger partial charge in [-0.2, -0.15) is 8.42 Å². The number of nitrogens with zero attached hydrogens (tertiary/aromatic N) is 3. The molecule has 0 aromatic heterocycles. The highest BCUT2D eigenvalue weighted by Gasteiger charge is 2.46. The van der Waals surface area contributed by atoms with Gasteiger partial charge in [0.15, 0.2) is 16.6 Å². The molecule has 0 aliphatic carbocycles. The van der Waals surface area contributed by atoms with Gasteiger partial charge >= 0.3 is 0 Å². The second-order valence-electron chi connectivity index (χ2n) is 12.7. The van der Waals surface area contributed by atoms with Gasteiger partial charge in [0, 0.05) is 11.5 Å². The molecule has 0 radical (unpaired) electrons. The Hall–Kier alpha value is -1.21. The molecule has 3 atom stereocenters. The van der Waals surface area contributed by atoms with Crippen molar-refractivity contribution in [3.05, 3.63) is 40.3 Å².